The maximum absolute atomic E-state index is 13.9. The molecule has 0 aliphatic rings. The molecule has 0 amide bonds. The Balaban J connectivity index is 2.52. The molecule has 1 heterocycles. The van der Waals surface area contributed by atoms with E-state index in [-0.39, 0.29) is 17.6 Å². The summed E-state index contributed by atoms with van der Waals surface area (Å²) in [5.74, 6) is -3.19. The average Bonchev–Trinajstić information content (AvgIpc) is 2.77. The van der Waals surface area contributed by atoms with Crippen LogP contribution in [0, 0.1) is 11.6 Å². The number of aliphatic hydroxyl groups is 1. The van der Waals surface area contributed by atoms with Gasteiger partial charge in [0.15, 0.2) is 6.10 Å². The van der Waals surface area contributed by atoms with Crippen LogP contribution in [0.25, 0.3) is 11.0 Å². The number of esters is 1. The maximum atomic E-state index is 13.9. The Hall–Kier alpha value is -1.95. The first kappa shape index (κ1) is 12.5. The first-order valence-corrected chi connectivity index (χ1v) is 5.26. The maximum Gasteiger partial charge on any atom is 0.339 e. The monoisotopic (exact) mass is 256 g/mol. The zero-order valence-electron chi connectivity index (χ0n) is 9.44. The van der Waals surface area contributed by atoms with Crippen molar-refractivity contribution in [2.24, 2.45) is 0 Å². The molecule has 2 rings (SSSR count). The highest BCUT2D eigenvalue weighted by Crippen LogP contribution is 2.29. The van der Waals surface area contributed by atoms with Gasteiger partial charge in [0.25, 0.3) is 0 Å². The fraction of sp³-hybridized carbons (Fsp3) is 0.250. The number of fused-ring (bicyclic) bond motifs is 1. The summed E-state index contributed by atoms with van der Waals surface area (Å²) >= 11 is 0. The predicted molar refractivity (Wildman–Crippen MR) is 57.7 cm³/mol. The van der Waals surface area contributed by atoms with E-state index in [0.717, 1.165) is 6.07 Å². The van der Waals surface area contributed by atoms with Gasteiger partial charge in [0.1, 0.15) is 17.2 Å². The van der Waals surface area contributed by atoms with Gasteiger partial charge in [-0.3, -0.25) is 0 Å². The van der Waals surface area contributed by atoms with Gasteiger partial charge in [0.2, 0.25) is 0 Å². The van der Waals surface area contributed by atoms with Gasteiger partial charge in [-0.1, -0.05) is 0 Å². The zero-order chi connectivity index (χ0) is 13.3. The van der Waals surface area contributed by atoms with Gasteiger partial charge in [0.05, 0.1) is 23.8 Å². The van der Waals surface area contributed by atoms with Crippen LogP contribution in [-0.4, -0.2) is 17.7 Å². The van der Waals surface area contributed by atoms with E-state index in [4.69, 9.17) is 4.42 Å². The molecule has 0 saturated carbocycles. The lowest BCUT2D eigenvalue weighted by Gasteiger charge is -2.12. The molecule has 0 radical (unpaired) electrons. The molecule has 0 fully saturated rings. The summed E-state index contributed by atoms with van der Waals surface area (Å²) in [5.41, 5.74) is -0.729. The molecule has 96 valence electrons. The largest absolute Gasteiger partial charge is 0.464 e. The summed E-state index contributed by atoms with van der Waals surface area (Å²) < 4.78 is 36.9. The molecule has 1 aromatic carbocycles. The number of rotatable bonds is 3. The third-order valence-electron chi connectivity index (χ3n) is 2.47. The lowest BCUT2D eigenvalue weighted by molar-refractivity contribution is -0.153. The third-order valence-corrected chi connectivity index (χ3v) is 2.47. The second-order valence-electron chi connectivity index (χ2n) is 3.57. The highest BCUT2D eigenvalue weighted by atomic mass is 19.1. The number of hydrogen-bond donors (Lipinski definition) is 1. The fourth-order valence-electron chi connectivity index (χ4n) is 1.65. The molecule has 1 N–H and O–H groups in total. The van der Waals surface area contributed by atoms with E-state index in [1.165, 1.54) is 19.3 Å². The molecule has 0 aliphatic heterocycles. The molecule has 1 unspecified atom stereocenters. The van der Waals surface area contributed by atoms with Crippen LogP contribution in [0.4, 0.5) is 8.78 Å². The van der Waals surface area contributed by atoms with Crippen LogP contribution in [0.3, 0.4) is 0 Å². The third kappa shape index (κ3) is 1.95. The van der Waals surface area contributed by atoms with E-state index in [2.05, 4.69) is 4.74 Å². The van der Waals surface area contributed by atoms with E-state index in [0.29, 0.717) is 0 Å². The smallest absolute Gasteiger partial charge is 0.339 e. The van der Waals surface area contributed by atoms with Crippen molar-refractivity contribution < 1.29 is 27.8 Å². The van der Waals surface area contributed by atoms with E-state index in [1.54, 1.807) is 0 Å². The first-order chi connectivity index (χ1) is 8.56. The van der Waals surface area contributed by atoms with Crippen LogP contribution in [0.1, 0.15) is 18.6 Å². The van der Waals surface area contributed by atoms with Crippen LogP contribution < -0.4 is 0 Å². The minimum absolute atomic E-state index is 0.00445. The molecule has 4 nitrogen and oxygen atoms in total. The average molecular weight is 256 g/mol. The highest BCUT2D eigenvalue weighted by molar-refractivity contribution is 5.82. The van der Waals surface area contributed by atoms with Gasteiger partial charge >= 0.3 is 5.97 Å². The van der Waals surface area contributed by atoms with Gasteiger partial charge in [-0.2, -0.15) is 0 Å². The van der Waals surface area contributed by atoms with Crippen LogP contribution in [0.15, 0.2) is 22.8 Å². The van der Waals surface area contributed by atoms with Crippen molar-refractivity contribution in [2.75, 3.05) is 6.61 Å². The van der Waals surface area contributed by atoms with Crippen LogP contribution in [0.2, 0.25) is 0 Å². The number of ether oxygens (including phenoxy) is 1. The Kier molecular flexibility index (Phi) is 3.29. The topological polar surface area (TPSA) is 59.7 Å². The summed E-state index contributed by atoms with van der Waals surface area (Å²) in [7, 11) is 0. The molecular formula is C12H10F2O4. The number of furan rings is 1. The zero-order valence-corrected chi connectivity index (χ0v) is 9.44. The lowest BCUT2D eigenvalue weighted by atomic mass is 10.1. The van der Waals surface area contributed by atoms with Crippen molar-refractivity contribution in [2.45, 2.75) is 13.0 Å². The molecule has 1 aromatic heterocycles. The summed E-state index contributed by atoms with van der Waals surface area (Å²) in [5, 5.41) is 9.59. The minimum atomic E-state index is -2.00. The predicted octanol–water partition coefficient (Wildman–Crippen LogP) is 2.31. The molecule has 0 spiro atoms. The minimum Gasteiger partial charge on any atom is -0.464 e. The number of halogens is 2. The molecule has 6 heteroatoms. The Morgan fingerprint density at radius 2 is 2.28 bits per heavy atom. The van der Waals surface area contributed by atoms with E-state index < -0.39 is 29.3 Å². The Morgan fingerprint density at radius 3 is 2.94 bits per heavy atom. The van der Waals surface area contributed by atoms with Crippen molar-refractivity contribution in [1.82, 2.24) is 0 Å². The van der Waals surface area contributed by atoms with E-state index >= 15 is 0 Å². The number of aliphatic hydroxyl groups excluding tert-OH is 1. The van der Waals surface area contributed by atoms with Crippen molar-refractivity contribution in [3.63, 3.8) is 0 Å². The normalized spacial score (nSPS) is 12.7. The second-order valence-corrected chi connectivity index (χ2v) is 3.57. The lowest BCUT2D eigenvalue weighted by Crippen LogP contribution is -2.18. The standard InChI is InChI=1S/C12H10F2O4/c1-2-17-12(16)11(15)9-7(13)5-8-6(10(9)14)3-4-18-8/h3-5,11,15H,2H2,1H3. The van der Waals surface area contributed by atoms with Crippen molar-refractivity contribution in [1.29, 1.82) is 0 Å². The second kappa shape index (κ2) is 4.73. The summed E-state index contributed by atoms with van der Waals surface area (Å²) in [6.07, 6.45) is -0.808. The van der Waals surface area contributed by atoms with Crippen molar-refractivity contribution in [3.05, 3.63) is 35.6 Å². The van der Waals surface area contributed by atoms with Crippen LogP contribution >= 0.6 is 0 Å². The SMILES string of the molecule is CCOC(=O)C(O)c1c(F)cc2occc2c1F. The summed E-state index contributed by atoms with van der Waals surface area (Å²) in [4.78, 5) is 11.3. The van der Waals surface area contributed by atoms with Gasteiger partial charge in [-0.15, -0.1) is 0 Å². The number of carbonyl (C=O) groups is 1. The van der Waals surface area contributed by atoms with Gasteiger partial charge in [0, 0.05) is 6.07 Å². The van der Waals surface area contributed by atoms with E-state index in [1.807, 2.05) is 0 Å². The number of carbonyl (C=O) groups excluding carboxylic acids is 1. The van der Waals surface area contributed by atoms with Crippen molar-refractivity contribution >= 4 is 16.9 Å². The summed E-state index contributed by atoms with van der Waals surface area (Å²) in [6, 6.07) is 2.20. The van der Waals surface area contributed by atoms with Gasteiger partial charge in [-0.05, 0) is 13.0 Å². The first-order valence-electron chi connectivity index (χ1n) is 5.26. The van der Waals surface area contributed by atoms with Crippen LogP contribution in [0.5, 0.6) is 0 Å². The molecule has 1 atom stereocenters. The molecule has 2 aromatic rings. The van der Waals surface area contributed by atoms with Gasteiger partial charge in [-0.25, -0.2) is 13.6 Å². The Bertz CT molecular complexity index is 591. The van der Waals surface area contributed by atoms with Crippen molar-refractivity contribution in [3.8, 4) is 0 Å². The number of hydrogen-bond acceptors (Lipinski definition) is 4. The highest BCUT2D eigenvalue weighted by Gasteiger charge is 2.28. The Labute approximate surface area is 101 Å². The van der Waals surface area contributed by atoms with E-state index in [9.17, 15) is 18.7 Å². The number of benzene rings is 1. The van der Waals surface area contributed by atoms with Crippen LogP contribution in [-0.2, 0) is 9.53 Å². The fourth-order valence-corrected chi connectivity index (χ4v) is 1.65. The van der Waals surface area contributed by atoms with Gasteiger partial charge < -0.3 is 14.3 Å². The Morgan fingerprint density at radius 1 is 1.56 bits per heavy atom. The molecule has 0 aliphatic carbocycles. The quantitative estimate of drug-likeness (QED) is 0.856. The molecule has 18 heavy (non-hydrogen) atoms. The molecular weight excluding hydrogens is 246 g/mol. The molecule has 0 saturated heterocycles. The summed E-state index contributed by atoms with van der Waals surface area (Å²) in [6.45, 7) is 1.53. The molecule has 0 bridgehead atoms.